The first-order chi connectivity index (χ1) is 20.3. The van der Waals surface area contributed by atoms with Crippen molar-refractivity contribution in [2.75, 3.05) is 43.4 Å². The molecule has 0 radical (unpaired) electrons. The number of nitrogens with two attached hydrogens (primary N) is 1. The van der Waals surface area contributed by atoms with Gasteiger partial charge in [-0.15, -0.1) is 11.3 Å². The van der Waals surface area contributed by atoms with Crippen LogP contribution in [0.5, 0.6) is 5.88 Å². The van der Waals surface area contributed by atoms with Gasteiger partial charge in [-0.25, -0.2) is 13.8 Å². The van der Waals surface area contributed by atoms with Gasteiger partial charge in [0.2, 0.25) is 11.8 Å². The van der Waals surface area contributed by atoms with Gasteiger partial charge in [0.25, 0.3) is 0 Å². The number of imidazole rings is 1. The number of hydrogen-bond donors (Lipinski definition) is 2. The minimum absolute atomic E-state index is 0.151. The van der Waals surface area contributed by atoms with Gasteiger partial charge in [0.05, 0.1) is 28.7 Å². The Bertz CT molecular complexity index is 1720. The summed E-state index contributed by atoms with van der Waals surface area (Å²) in [5.74, 6) is 0.502. The van der Waals surface area contributed by atoms with Crippen LogP contribution in [0, 0.1) is 17.1 Å². The standard InChI is InChI=1S/C29H33F2N9OS/c1-16-11-40(17(2)10-34-16)28-36-26-23(27(37-28)41-14-29-6-3-7-39(29)13-19(30)8-29)35-15-38(26)12-18-4-5-21(31)24-22(18)20(9-32)25(33)42-24/h4-5,15-17,19,34H,3,6-8,10-14,33H2,1-2H3/t16-,17+,19+,29-/m0/s1. The highest BCUT2D eigenvalue weighted by molar-refractivity contribution is 7.23. The topological polar surface area (TPSA) is 121 Å². The fourth-order valence-electron chi connectivity index (χ4n) is 6.89. The van der Waals surface area contributed by atoms with Gasteiger partial charge < -0.3 is 25.3 Å². The first kappa shape index (κ1) is 27.2. The number of anilines is 2. The van der Waals surface area contributed by atoms with Crippen molar-refractivity contribution in [3.05, 3.63) is 35.4 Å². The molecule has 3 N–H and O–H groups in total. The van der Waals surface area contributed by atoms with Crippen molar-refractivity contribution in [2.45, 2.75) is 63.4 Å². The minimum Gasteiger partial charge on any atom is -0.474 e. The van der Waals surface area contributed by atoms with Gasteiger partial charge in [-0.3, -0.25) is 4.90 Å². The monoisotopic (exact) mass is 593 g/mol. The number of rotatable bonds is 6. The number of piperazine rings is 1. The number of ether oxygens (including phenoxy) is 1. The summed E-state index contributed by atoms with van der Waals surface area (Å²) in [6.45, 7) is 7.71. The third-order valence-electron chi connectivity index (χ3n) is 9.04. The summed E-state index contributed by atoms with van der Waals surface area (Å²) in [7, 11) is 0. The van der Waals surface area contributed by atoms with Crippen molar-refractivity contribution in [1.82, 2.24) is 29.7 Å². The molecule has 3 fully saturated rings. The van der Waals surface area contributed by atoms with Crippen molar-refractivity contribution in [1.29, 1.82) is 5.26 Å². The maximum Gasteiger partial charge on any atom is 0.247 e. The maximum absolute atomic E-state index is 14.7. The van der Waals surface area contributed by atoms with Gasteiger partial charge >= 0.3 is 0 Å². The molecule has 1 aromatic carbocycles. The lowest BCUT2D eigenvalue weighted by Crippen LogP contribution is -2.55. The molecule has 3 aliphatic heterocycles. The molecule has 0 aliphatic carbocycles. The van der Waals surface area contributed by atoms with Crippen molar-refractivity contribution in [3.8, 4) is 11.9 Å². The van der Waals surface area contributed by atoms with Crippen LogP contribution in [0.15, 0.2) is 18.5 Å². The predicted octanol–water partition coefficient (Wildman–Crippen LogP) is 3.82. The summed E-state index contributed by atoms with van der Waals surface area (Å²) in [5.41, 5.74) is 7.84. The van der Waals surface area contributed by atoms with Crippen molar-refractivity contribution in [3.63, 3.8) is 0 Å². The highest BCUT2D eigenvalue weighted by Crippen LogP contribution is 2.41. The molecule has 0 saturated carbocycles. The van der Waals surface area contributed by atoms with Crippen molar-refractivity contribution in [2.24, 2.45) is 0 Å². The lowest BCUT2D eigenvalue weighted by atomic mass is 9.95. The van der Waals surface area contributed by atoms with E-state index in [1.165, 1.54) is 6.07 Å². The van der Waals surface area contributed by atoms with E-state index in [1.54, 1.807) is 12.4 Å². The Kier molecular flexibility index (Phi) is 6.67. The summed E-state index contributed by atoms with van der Waals surface area (Å²) in [4.78, 5) is 18.9. The normalized spacial score (nSPS) is 26.3. The first-order valence-electron chi connectivity index (χ1n) is 14.4. The lowest BCUT2D eigenvalue weighted by Gasteiger charge is -2.37. The number of nitriles is 1. The zero-order valence-electron chi connectivity index (χ0n) is 23.6. The van der Waals surface area contributed by atoms with Crippen LogP contribution in [0.2, 0.25) is 0 Å². The number of aromatic nitrogens is 4. The second-order valence-electron chi connectivity index (χ2n) is 11.9. The number of halogens is 2. The number of fused-ring (bicyclic) bond motifs is 3. The maximum atomic E-state index is 14.7. The molecule has 3 aliphatic rings. The molecule has 3 saturated heterocycles. The lowest BCUT2D eigenvalue weighted by molar-refractivity contribution is 0.111. The highest BCUT2D eigenvalue weighted by Gasteiger charge is 2.49. The number of alkyl halides is 1. The quantitative estimate of drug-likeness (QED) is 0.344. The van der Waals surface area contributed by atoms with Crippen LogP contribution < -0.4 is 20.7 Å². The Balaban J connectivity index is 1.30. The van der Waals surface area contributed by atoms with E-state index in [9.17, 15) is 14.0 Å². The molecule has 3 aromatic heterocycles. The largest absolute Gasteiger partial charge is 0.474 e. The third kappa shape index (κ3) is 4.44. The van der Waals surface area contributed by atoms with Crippen LogP contribution in [-0.4, -0.2) is 81.0 Å². The molecular formula is C29H33F2N9OS. The molecule has 220 valence electrons. The van der Waals surface area contributed by atoms with E-state index >= 15 is 0 Å². The number of thiophene rings is 1. The number of nitrogens with zero attached hydrogens (tertiary/aromatic N) is 7. The van der Waals surface area contributed by atoms with E-state index in [4.69, 9.17) is 20.4 Å². The van der Waals surface area contributed by atoms with Gasteiger partial charge in [-0.05, 0) is 44.9 Å². The highest BCUT2D eigenvalue weighted by atomic mass is 32.1. The molecule has 0 amide bonds. The summed E-state index contributed by atoms with van der Waals surface area (Å²) in [6, 6.07) is 5.62. The predicted molar refractivity (Wildman–Crippen MR) is 158 cm³/mol. The molecule has 7 rings (SSSR count). The Labute approximate surface area is 246 Å². The molecular weight excluding hydrogens is 560 g/mol. The van der Waals surface area contributed by atoms with Crippen LogP contribution in [-0.2, 0) is 6.54 Å². The van der Waals surface area contributed by atoms with Crippen LogP contribution >= 0.6 is 11.3 Å². The van der Waals surface area contributed by atoms with Crippen LogP contribution in [0.3, 0.4) is 0 Å². The van der Waals surface area contributed by atoms with E-state index in [2.05, 4.69) is 40.0 Å². The van der Waals surface area contributed by atoms with Gasteiger partial charge in [0.15, 0.2) is 11.2 Å². The van der Waals surface area contributed by atoms with Gasteiger partial charge in [-0.1, -0.05) is 6.07 Å². The van der Waals surface area contributed by atoms with E-state index in [-0.39, 0.29) is 23.2 Å². The van der Waals surface area contributed by atoms with E-state index in [0.29, 0.717) is 64.2 Å². The second-order valence-corrected chi connectivity index (χ2v) is 13.0. The molecule has 0 bridgehead atoms. The smallest absolute Gasteiger partial charge is 0.247 e. The Hall–Kier alpha value is -3.60. The van der Waals surface area contributed by atoms with Gasteiger partial charge in [0, 0.05) is 43.5 Å². The van der Waals surface area contributed by atoms with Crippen molar-refractivity contribution >= 4 is 43.5 Å². The van der Waals surface area contributed by atoms with Crippen LogP contribution in [0.1, 0.15) is 44.2 Å². The SMILES string of the molecule is C[C@@H]1CN[C@@H](C)CN1c1nc(OC[C@@]23CCCN2C[C@H](F)C3)c2ncn(Cc3ccc(F)c4sc(N)c(C#N)c34)c2n1. The molecule has 6 heterocycles. The zero-order valence-corrected chi connectivity index (χ0v) is 24.4. The van der Waals surface area contributed by atoms with Gasteiger partial charge in [-0.2, -0.15) is 15.2 Å². The molecule has 4 aromatic rings. The second kappa shape index (κ2) is 10.3. The Morgan fingerprint density at radius 2 is 2.14 bits per heavy atom. The van der Waals surface area contributed by atoms with E-state index in [0.717, 1.165) is 49.4 Å². The number of nitrogens with one attached hydrogen (secondary N) is 1. The molecule has 13 heteroatoms. The number of nitrogen functional groups attached to an aromatic ring is 1. The molecule has 0 spiro atoms. The third-order valence-corrected chi connectivity index (χ3v) is 10.1. The first-order valence-corrected chi connectivity index (χ1v) is 15.2. The molecule has 10 nitrogen and oxygen atoms in total. The summed E-state index contributed by atoms with van der Waals surface area (Å²) >= 11 is 1.08. The molecule has 0 unspecified atom stereocenters. The van der Waals surface area contributed by atoms with Crippen LogP contribution in [0.4, 0.5) is 19.7 Å². The summed E-state index contributed by atoms with van der Waals surface area (Å²) in [5, 5.41) is 14.1. The summed E-state index contributed by atoms with van der Waals surface area (Å²) in [6.07, 6.45) is 3.19. The average Bonchev–Trinajstić information content (AvgIpc) is 3.71. The molecule has 42 heavy (non-hydrogen) atoms. The van der Waals surface area contributed by atoms with Crippen LogP contribution in [0.25, 0.3) is 21.3 Å². The number of hydrogen-bond acceptors (Lipinski definition) is 10. The Morgan fingerprint density at radius 3 is 2.98 bits per heavy atom. The van der Waals surface area contributed by atoms with Crippen molar-refractivity contribution < 1.29 is 13.5 Å². The fourth-order valence-corrected chi connectivity index (χ4v) is 7.86. The zero-order chi connectivity index (χ0) is 29.2. The fraction of sp³-hybridized carbons (Fsp3) is 0.517. The van der Waals surface area contributed by atoms with E-state index in [1.807, 2.05) is 4.57 Å². The minimum atomic E-state index is -0.853. The number of benzene rings is 1. The average molecular weight is 594 g/mol. The Morgan fingerprint density at radius 1 is 1.29 bits per heavy atom. The van der Waals surface area contributed by atoms with Gasteiger partial charge in [0.1, 0.15) is 29.7 Å². The summed E-state index contributed by atoms with van der Waals surface area (Å²) < 4.78 is 37.8. The van der Waals surface area contributed by atoms with E-state index < -0.39 is 12.0 Å². The molecule has 4 atom stereocenters.